The fraction of sp³-hybridized carbons (Fsp3) is 0.400. The Bertz CT molecular complexity index is 408. The van der Waals surface area contributed by atoms with Crippen LogP contribution in [0.25, 0.3) is 0 Å². The van der Waals surface area contributed by atoms with Gasteiger partial charge in [0.25, 0.3) is 0 Å². The SMILES string of the molecule is CC(Cl)c1cn(CCc2cccs2)nn1. The summed E-state index contributed by atoms with van der Waals surface area (Å²) in [6, 6.07) is 4.19. The minimum Gasteiger partial charge on any atom is -0.252 e. The number of aryl methyl sites for hydroxylation is 2. The predicted molar refractivity (Wildman–Crippen MR) is 62.3 cm³/mol. The zero-order valence-electron chi connectivity index (χ0n) is 8.43. The first-order valence-corrected chi connectivity index (χ1v) is 6.14. The van der Waals surface area contributed by atoms with E-state index in [1.165, 1.54) is 4.88 Å². The molecule has 2 aromatic rings. The van der Waals surface area contributed by atoms with Gasteiger partial charge in [-0.3, -0.25) is 4.68 Å². The Morgan fingerprint density at radius 1 is 1.60 bits per heavy atom. The molecule has 3 nitrogen and oxygen atoms in total. The number of hydrogen-bond donors (Lipinski definition) is 0. The molecule has 0 bridgehead atoms. The highest BCUT2D eigenvalue weighted by molar-refractivity contribution is 7.09. The van der Waals surface area contributed by atoms with Crippen LogP contribution in [0.15, 0.2) is 23.7 Å². The molecule has 0 aliphatic heterocycles. The molecule has 0 N–H and O–H groups in total. The maximum absolute atomic E-state index is 5.90. The van der Waals surface area contributed by atoms with E-state index in [0.29, 0.717) is 0 Å². The van der Waals surface area contributed by atoms with Gasteiger partial charge in [0.05, 0.1) is 5.38 Å². The normalized spacial score (nSPS) is 12.9. The first-order chi connectivity index (χ1) is 7.25. The van der Waals surface area contributed by atoms with Crippen molar-refractivity contribution < 1.29 is 0 Å². The third-order valence-electron chi connectivity index (χ3n) is 2.13. The minimum atomic E-state index is -0.0690. The number of hydrogen-bond acceptors (Lipinski definition) is 3. The average Bonchev–Trinajstić information content (AvgIpc) is 2.86. The van der Waals surface area contributed by atoms with Crippen LogP contribution in [0.1, 0.15) is 22.9 Å². The topological polar surface area (TPSA) is 30.7 Å². The smallest absolute Gasteiger partial charge is 0.100 e. The van der Waals surface area contributed by atoms with Gasteiger partial charge < -0.3 is 0 Å². The van der Waals surface area contributed by atoms with Crippen molar-refractivity contribution in [2.45, 2.75) is 25.3 Å². The zero-order chi connectivity index (χ0) is 10.7. The maximum Gasteiger partial charge on any atom is 0.100 e. The van der Waals surface area contributed by atoms with Crippen LogP contribution in [0, 0.1) is 0 Å². The molecule has 0 radical (unpaired) electrons. The lowest BCUT2D eigenvalue weighted by molar-refractivity contribution is 0.592. The number of thiophene rings is 1. The minimum absolute atomic E-state index is 0.0690. The molecule has 15 heavy (non-hydrogen) atoms. The quantitative estimate of drug-likeness (QED) is 0.771. The molecular weight excluding hydrogens is 230 g/mol. The van der Waals surface area contributed by atoms with Crippen LogP contribution in [0.4, 0.5) is 0 Å². The lowest BCUT2D eigenvalue weighted by Gasteiger charge is -1.97. The molecule has 2 aromatic heterocycles. The highest BCUT2D eigenvalue weighted by Crippen LogP contribution is 2.16. The van der Waals surface area contributed by atoms with Crippen molar-refractivity contribution in [2.75, 3.05) is 0 Å². The molecule has 0 spiro atoms. The summed E-state index contributed by atoms with van der Waals surface area (Å²) < 4.78 is 1.84. The summed E-state index contributed by atoms with van der Waals surface area (Å²) >= 11 is 7.67. The largest absolute Gasteiger partial charge is 0.252 e. The Morgan fingerprint density at radius 3 is 3.07 bits per heavy atom. The van der Waals surface area contributed by atoms with Gasteiger partial charge in [0, 0.05) is 24.0 Å². The third-order valence-corrected chi connectivity index (χ3v) is 3.29. The monoisotopic (exact) mass is 241 g/mol. The Hall–Kier alpha value is -0.870. The van der Waals surface area contributed by atoms with E-state index in [9.17, 15) is 0 Å². The van der Waals surface area contributed by atoms with Crippen LogP contribution in [0.5, 0.6) is 0 Å². The molecule has 0 amide bonds. The van der Waals surface area contributed by atoms with Crippen LogP contribution in [0.2, 0.25) is 0 Å². The van der Waals surface area contributed by atoms with Crippen LogP contribution in [-0.4, -0.2) is 15.0 Å². The fourth-order valence-corrected chi connectivity index (χ4v) is 2.08. The summed E-state index contributed by atoms with van der Waals surface area (Å²) in [7, 11) is 0. The van der Waals surface area contributed by atoms with Crippen LogP contribution in [0.3, 0.4) is 0 Å². The molecule has 0 saturated carbocycles. The number of halogens is 1. The molecule has 0 aliphatic carbocycles. The van der Waals surface area contributed by atoms with E-state index < -0.39 is 0 Å². The lowest BCUT2D eigenvalue weighted by atomic mass is 10.3. The third kappa shape index (κ3) is 2.79. The van der Waals surface area contributed by atoms with Gasteiger partial charge in [-0.05, 0) is 18.4 Å². The van der Waals surface area contributed by atoms with Crippen molar-refractivity contribution in [2.24, 2.45) is 0 Å². The molecule has 1 unspecified atom stereocenters. The summed E-state index contributed by atoms with van der Waals surface area (Å²) in [4.78, 5) is 1.37. The first kappa shape index (κ1) is 10.6. The predicted octanol–water partition coefficient (Wildman–Crippen LogP) is 2.88. The Labute approximate surface area is 97.7 Å². The number of rotatable bonds is 4. The number of alkyl halides is 1. The molecule has 5 heteroatoms. The number of aromatic nitrogens is 3. The van der Waals surface area contributed by atoms with Crippen molar-refractivity contribution in [1.82, 2.24) is 15.0 Å². The van der Waals surface area contributed by atoms with Gasteiger partial charge in [0.1, 0.15) is 5.69 Å². The van der Waals surface area contributed by atoms with Gasteiger partial charge in [-0.2, -0.15) is 0 Å². The molecule has 80 valence electrons. The molecule has 0 aromatic carbocycles. The molecular formula is C10H12ClN3S. The second-order valence-corrected chi connectivity index (χ2v) is 5.04. The van der Waals surface area contributed by atoms with E-state index in [1.54, 1.807) is 11.3 Å². The second kappa shape index (κ2) is 4.77. The van der Waals surface area contributed by atoms with Crippen molar-refractivity contribution in [3.63, 3.8) is 0 Å². The summed E-state index contributed by atoms with van der Waals surface area (Å²) in [5.41, 5.74) is 0.836. The summed E-state index contributed by atoms with van der Waals surface area (Å²) in [5.74, 6) is 0. The van der Waals surface area contributed by atoms with Crippen LogP contribution < -0.4 is 0 Å². The molecule has 1 atom stereocenters. The van der Waals surface area contributed by atoms with E-state index in [0.717, 1.165) is 18.7 Å². The Kier molecular flexibility index (Phi) is 3.38. The molecule has 2 heterocycles. The standard InChI is InChI=1S/C10H12ClN3S/c1-8(11)10-7-14(13-12-10)5-4-9-3-2-6-15-9/h2-3,6-8H,4-5H2,1H3. The van der Waals surface area contributed by atoms with Crippen molar-refractivity contribution in [1.29, 1.82) is 0 Å². The Balaban J connectivity index is 1.94. The number of nitrogens with zero attached hydrogens (tertiary/aromatic N) is 3. The summed E-state index contributed by atoms with van der Waals surface area (Å²) in [6.07, 6.45) is 2.91. The van der Waals surface area contributed by atoms with E-state index in [-0.39, 0.29) is 5.38 Å². The molecule has 0 saturated heterocycles. The maximum atomic E-state index is 5.90. The molecule has 2 rings (SSSR count). The zero-order valence-corrected chi connectivity index (χ0v) is 10.0. The fourth-order valence-electron chi connectivity index (χ4n) is 1.28. The summed E-state index contributed by atoms with van der Waals surface area (Å²) in [5, 5.41) is 10.0. The van der Waals surface area contributed by atoms with Gasteiger partial charge in [0.2, 0.25) is 0 Å². The van der Waals surface area contributed by atoms with E-state index >= 15 is 0 Å². The Morgan fingerprint density at radius 2 is 2.47 bits per heavy atom. The first-order valence-electron chi connectivity index (χ1n) is 4.82. The lowest BCUT2D eigenvalue weighted by Crippen LogP contribution is -2.00. The van der Waals surface area contributed by atoms with Gasteiger partial charge in [-0.1, -0.05) is 11.3 Å². The second-order valence-electron chi connectivity index (χ2n) is 3.35. The van der Waals surface area contributed by atoms with Crippen LogP contribution in [-0.2, 0) is 13.0 Å². The molecule has 0 fully saturated rings. The van der Waals surface area contributed by atoms with Gasteiger partial charge in [-0.15, -0.1) is 28.0 Å². The van der Waals surface area contributed by atoms with Crippen molar-refractivity contribution >= 4 is 22.9 Å². The van der Waals surface area contributed by atoms with E-state index in [4.69, 9.17) is 11.6 Å². The van der Waals surface area contributed by atoms with Crippen molar-refractivity contribution in [3.8, 4) is 0 Å². The average molecular weight is 242 g/mol. The summed E-state index contributed by atoms with van der Waals surface area (Å²) in [6.45, 7) is 2.76. The highest BCUT2D eigenvalue weighted by Gasteiger charge is 2.06. The van der Waals surface area contributed by atoms with E-state index in [2.05, 4.69) is 27.8 Å². The van der Waals surface area contributed by atoms with Gasteiger partial charge in [-0.25, -0.2) is 0 Å². The van der Waals surface area contributed by atoms with Gasteiger partial charge in [0.15, 0.2) is 0 Å². The van der Waals surface area contributed by atoms with Crippen molar-refractivity contribution in [3.05, 3.63) is 34.3 Å². The van der Waals surface area contributed by atoms with E-state index in [1.807, 2.05) is 17.8 Å². The highest BCUT2D eigenvalue weighted by atomic mass is 35.5. The van der Waals surface area contributed by atoms with Gasteiger partial charge >= 0.3 is 0 Å². The van der Waals surface area contributed by atoms with Crippen LogP contribution >= 0.6 is 22.9 Å². The molecule has 0 aliphatic rings.